The Bertz CT molecular complexity index is 3450. The molecule has 0 spiro atoms. The highest BCUT2D eigenvalue weighted by molar-refractivity contribution is 7.00. The minimum absolute atomic E-state index is 0.00120. The van der Waals surface area contributed by atoms with Gasteiger partial charge in [-0.3, -0.25) is 0 Å². The summed E-state index contributed by atoms with van der Waals surface area (Å²) in [5.74, 6) is 0. The van der Waals surface area contributed by atoms with Crippen LogP contribution in [0.25, 0.3) is 11.0 Å². The van der Waals surface area contributed by atoms with Gasteiger partial charge in [0.25, 0.3) is 6.71 Å². The van der Waals surface area contributed by atoms with Crippen LogP contribution in [0, 0.1) is 0 Å². The largest absolute Gasteiger partial charge is 0.468 e. The molecule has 1 aromatic heterocycles. The highest BCUT2D eigenvalue weighted by Gasteiger charge is 2.50. The van der Waals surface area contributed by atoms with Gasteiger partial charge in [0, 0.05) is 45.2 Å². The number of hydrogen-bond acceptors (Lipinski definition) is 4. The minimum Gasteiger partial charge on any atom is -0.468 e. The van der Waals surface area contributed by atoms with E-state index in [4.69, 9.17) is 4.42 Å². The van der Waals surface area contributed by atoms with Gasteiger partial charge >= 0.3 is 0 Å². The van der Waals surface area contributed by atoms with Crippen LogP contribution in [-0.4, -0.2) is 6.71 Å². The summed E-state index contributed by atoms with van der Waals surface area (Å²) in [6.07, 6.45) is 4.60. The third-order valence-corrected chi connectivity index (χ3v) is 17.9. The lowest BCUT2D eigenvalue weighted by atomic mass is 9.35. The molecule has 2 aliphatic heterocycles. The van der Waals surface area contributed by atoms with Gasteiger partial charge in [0.15, 0.2) is 0 Å². The molecule has 0 unspecified atom stereocenters. The maximum atomic E-state index is 7.54. The molecule has 0 radical (unpaired) electrons. The molecular formula is C68H74BN3O. The number of fused-ring (bicyclic) bond motifs is 8. The molecule has 0 fully saturated rings. The lowest BCUT2D eigenvalue weighted by Crippen LogP contribution is -2.61. The summed E-state index contributed by atoms with van der Waals surface area (Å²) < 4.78 is 7.54. The molecule has 4 nitrogen and oxygen atoms in total. The van der Waals surface area contributed by atoms with Gasteiger partial charge in [-0.15, -0.1) is 0 Å². The first kappa shape index (κ1) is 47.5. The fraction of sp³-hybridized carbons (Fsp3) is 0.353. The van der Waals surface area contributed by atoms with Crippen molar-refractivity contribution in [2.45, 2.75) is 155 Å². The van der Waals surface area contributed by atoms with Gasteiger partial charge in [0.05, 0.1) is 17.0 Å². The molecule has 7 aromatic carbocycles. The van der Waals surface area contributed by atoms with Gasteiger partial charge in [-0.1, -0.05) is 164 Å². The van der Waals surface area contributed by atoms with Crippen molar-refractivity contribution in [3.05, 3.63) is 179 Å². The van der Waals surface area contributed by atoms with E-state index in [2.05, 4.69) is 257 Å². The van der Waals surface area contributed by atoms with E-state index < -0.39 is 0 Å². The Balaban J connectivity index is 1.26. The number of benzene rings is 7. The fourth-order valence-corrected chi connectivity index (χ4v) is 13.1. The van der Waals surface area contributed by atoms with Crippen molar-refractivity contribution in [1.29, 1.82) is 0 Å². The summed E-state index contributed by atoms with van der Waals surface area (Å²) in [6.45, 7) is 33.4. The van der Waals surface area contributed by atoms with Crippen molar-refractivity contribution in [1.82, 2.24) is 0 Å². The Kier molecular flexibility index (Phi) is 10.4. The predicted molar refractivity (Wildman–Crippen MR) is 313 cm³/mol. The first-order valence-electron chi connectivity index (χ1n) is 27.1. The summed E-state index contributed by atoms with van der Waals surface area (Å²) in [5.41, 5.74) is 23.3. The molecule has 0 atom stereocenters. The summed E-state index contributed by atoms with van der Waals surface area (Å²) in [6, 6.07) is 56.0. The van der Waals surface area contributed by atoms with Crippen molar-refractivity contribution >= 4 is 85.5 Å². The van der Waals surface area contributed by atoms with Gasteiger partial charge in [0.2, 0.25) is 0 Å². The summed E-state index contributed by atoms with van der Waals surface area (Å²) in [4.78, 5) is 7.70. The van der Waals surface area contributed by atoms with Crippen LogP contribution in [0.1, 0.15) is 156 Å². The molecule has 12 rings (SSSR count). The van der Waals surface area contributed by atoms with Gasteiger partial charge in [-0.05, 0) is 181 Å². The van der Waals surface area contributed by atoms with Gasteiger partial charge in [0.1, 0.15) is 5.58 Å². The molecule has 5 heteroatoms. The molecule has 2 aliphatic carbocycles. The average molecular weight is 960 g/mol. The van der Waals surface area contributed by atoms with Crippen molar-refractivity contribution in [3.63, 3.8) is 0 Å². The number of para-hydroxylation sites is 2. The van der Waals surface area contributed by atoms with Gasteiger partial charge in [-0.25, -0.2) is 0 Å². The van der Waals surface area contributed by atoms with Crippen molar-refractivity contribution < 1.29 is 4.42 Å². The Labute approximate surface area is 436 Å². The molecule has 4 aliphatic rings. The van der Waals surface area contributed by atoms with E-state index in [1.165, 1.54) is 73.5 Å². The van der Waals surface area contributed by atoms with Crippen LogP contribution in [0.3, 0.4) is 0 Å². The molecule has 0 saturated heterocycles. The molecule has 0 bridgehead atoms. The zero-order chi connectivity index (χ0) is 51.4. The number of hydrogen-bond donors (Lipinski definition) is 0. The highest BCUT2D eigenvalue weighted by Crippen LogP contribution is 2.55. The summed E-state index contributed by atoms with van der Waals surface area (Å²) >= 11 is 0. The zero-order valence-corrected chi connectivity index (χ0v) is 46.0. The molecule has 0 saturated carbocycles. The molecule has 73 heavy (non-hydrogen) atoms. The van der Waals surface area contributed by atoms with E-state index in [1.54, 1.807) is 0 Å². The third-order valence-electron chi connectivity index (χ3n) is 17.9. The first-order valence-corrected chi connectivity index (χ1v) is 27.1. The van der Waals surface area contributed by atoms with E-state index in [1.807, 2.05) is 0 Å². The highest BCUT2D eigenvalue weighted by atomic mass is 16.3. The summed E-state index contributed by atoms with van der Waals surface area (Å²) in [7, 11) is 0. The van der Waals surface area contributed by atoms with E-state index >= 15 is 0 Å². The molecule has 0 N–H and O–H groups in total. The van der Waals surface area contributed by atoms with Crippen LogP contribution in [0.2, 0.25) is 0 Å². The second-order valence-electron chi connectivity index (χ2n) is 26.8. The Hall–Kier alpha value is -6.46. The van der Waals surface area contributed by atoms with E-state index in [0.29, 0.717) is 0 Å². The normalized spacial score (nSPS) is 17.9. The lowest BCUT2D eigenvalue weighted by Gasteiger charge is -2.47. The van der Waals surface area contributed by atoms with Crippen LogP contribution in [0.5, 0.6) is 0 Å². The first-order chi connectivity index (χ1) is 34.4. The lowest BCUT2D eigenvalue weighted by molar-refractivity contribution is 0.332. The van der Waals surface area contributed by atoms with E-state index in [9.17, 15) is 0 Å². The topological polar surface area (TPSA) is 22.9 Å². The maximum Gasteiger partial charge on any atom is 0.297 e. The monoisotopic (exact) mass is 960 g/mol. The van der Waals surface area contributed by atoms with Gasteiger partial charge < -0.3 is 19.1 Å². The number of nitrogens with zero attached hydrogens (tertiary/aromatic N) is 3. The van der Waals surface area contributed by atoms with Crippen LogP contribution < -0.4 is 31.3 Å². The van der Waals surface area contributed by atoms with Crippen molar-refractivity contribution in [2.24, 2.45) is 0 Å². The van der Waals surface area contributed by atoms with Crippen molar-refractivity contribution in [3.8, 4) is 0 Å². The summed E-state index contributed by atoms with van der Waals surface area (Å²) in [5, 5.41) is 1.14. The Morgan fingerprint density at radius 1 is 0.452 bits per heavy atom. The predicted octanol–water partition coefficient (Wildman–Crippen LogP) is 17.3. The Morgan fingerprint density at radius 2 is 0.945 bits per heavy atom. The molecule has 370 valence electrons. The maximum absolute atomic E-state index is 7.54. The van der Waals surface area contributed by atoms with Crippen LogP contribution in [-0.2, 0) is 32.5 Å². The molecule has 8 aromatic rings. The molecular weight excluding hydrogens is 886 g/mol. The number of rotatable bonds is 5. The van der Waals surface area contributed by atoms with Crippen LogP contribution in [0.15, 0.2) is 150 Å². The second-order valence-corrected chi connectivity index (χ2v) is 26.8. The minimum atomic E-state index is -0.183. The van der Waals surface area contributed by atoms with Crippen LogP contribution >= 0.6 is 0 Å². The Morgan fingerprint density at radius 3 is 1.51 bits per heavy atom. The van der Waals surface area contributed by atoms with E-state index in [0.717, 1.165) is 64.3 Å². The number of anilines is 9. The smallest absolute Gasteiger partial charge is 0.297 e. The zero-order valence-electron chi connectivity index (χ0n) is 46.0. The fourth-order valence-electron chi connectivity index (χ4n) is 13.1. The van der Waals surface area contributed by atoms with Crippen LogP contribution in [0.4, 0.5) is 51.2 Å². The number of furan rings is 1. The molecule has 0 amide bonds. The third kappa shape index (κ3) is 7.52. The standard InChI is InChI=1S/C68H74BN3O/c1-63(2,3)43-25-28-47(29-26-43)72-58-40-49(70(45-21-17-15-18-22-45)46-23-19-16-20-24-46)39-57-60(58)69(62-61(72)50-37-44(64(4,5)6)27-32-59(50)73-62)55-41-53-54(68(13,14)36-35-67(53,11)12)42-56(55)71(57)48-30-31-51-52(38-48)66(9,10)34-33-65(51,7)8/h15-32,37-42H,33-36H2,1-14H3. The average Bonchev–Trinajstić information content (AvgIpc) is 3.73. The molecule has 3 heterocycles. The van der Waals surface area contributed by atoms with E-state index in [-0.39, 0.29) is 39.2 Å². The van der Waals surface area contributed by atoms with Crippen molar-refractivity contribution in [2.75, 3.05) is 14.7 Å². The quantitative estimate of drug-likeness (QED) is 0.160. The SMILES string of the molecule is CC(C)(C)c1ccc(N2c3cc(N(c4ccccc4)c4ccccc4)cc4c3B(c3cc5c(cc3N4c3ccc4c(c3)C(C)(C)CCC4(C)C)C(C)(C)CCC5(C)C)c3oc4ccc(C(C)(C)C)cc4c32)cc1. The second kappa shape index (κ2) is 16.0. The van der Waals surface area contributed by atoms with Gasteiger partial charge in [-0.2, -0.15) is 0 Å².